The van der Waals surface area contributed by atoms with E-state index in [0.29, 0.717) is 6.10 Å². The minimum absolute atomic E-state index is 0.130. The number of benzene rings is 1. The number of ether oxygens (including phenoxy) is 1. The van der Waals surface area contributed by atoms with Crippen LogP contribution in [0.1, 0.15) is 56.9 Å². The highest BCUT2D eigenvalue weighted by molar-refractivity contribution is 5.16. The smallest absolute Gasteiger partial charge is 0.123 e. The van der Waals surface area contributed by atoms with Gasteiger partial charge in [0, 0.05) is 32.3 Å². The Hall–Kier alpha value is -0.970. The van der Waals surface area contributed by atoms with E-state index in [1.54, 1.807) is 6.07 Å². The molecule has 4 rings (SSSR count). The molecule has 3 nitrogen and oxygen atoms in total. The average molecular weight is 375 g/mol. The van der Waals surface area contributed by atoms with Gasteiger partial charge >= 0.3 is 0 Å². The van der Waals surface area contributed by atoms with E-state index in [9.17, 15) is 4.39 Å². The first-order valence-electron chi connectivity index (χ1n) is 11.1. The van der Waals surface area contributed by atoms with Gasteiger partial charge in [-0.25, -0.2) is 4.39 Å². The van der Waals surface area contributed by atoms with E-state index in [4.69, 9.17) is 4.74 Å². The highest BCUT2D eigenvalue weighted by Gasteiger charge is 2.28. The zero-order chi connectivity index (χ0) is 18.5. The van der Waals surface area contributed by atoms with Crippen LogP contribution in [0.25, 0.3) is 0 Å². The summed E-state index contributed by atoms with van der Waals surface area (Å²) in [6.07, 6.45) is 11.0. The quantitative estimate of drug-likeness (QED) is 0.701. The van der Waals surface area contributed by atoms with Crippen molar-refractivity contribution >= 4 is 0 Å². The van der Waals surface area contributed by atoms with Crippen molar-refractivity contribution in [2.75, 3.05) is 32.8 Å². The maximum absolute atomic E-state index is 13.6. The summed E-state index contributed by atoms with van der Waals surface area (Å²) in [5.74, 6) is 0.632. The van der Waals surface area contributed by atoms with Gasteiger partial charge in [0.15, 0.2) is 0 Å². The van der Waals surface area contributed by atoms with Crippen LogP contribution in [0.3, 0.4) is 0 Å². The molecule has 1 aromatic rings. The van der Waals surface area contributed by atoms with E-state index in [1.165, 1.54) is 70.5 Å². The summed E-state index contributed by atoms with van der Waals surface area (Å²) in [5, 5.41) is 0. The van der Waals surface area contributed by atoms with Crippen molar-refractivity contribution in [3.05, 3.63) is 35.6 Å². The Bertz CT molecular complexity index is 575. The molecular weight excluding hydrogens is 339 g/mol. The minimum Gasteiger partial charge on any atom is -0.377 e. The van der Waals surface area contributed by atoms with Crippen LogP contribution in [0.5, 0.6) is 0 Å². The number of nitrogens with zero attached hydrogens (tertiary/aromatic N) is 2. The van der Waals surface area contributed by atoms with Gasteiger partial charge in [0.2, 0.25) is 0 Å². The Morgan fingerprint density at radius 3 is 2.52 bits per heavy atom. The normalized spacial score (nSPS) is 25.6. The fraction of sp³-hybridized carbons (Fsp3) is 0.739. The van der Waals surface area contributed by atoms with Crippen molar-refractivity contribution in [2.45, 2.75) is 70.1 Å². The SMILES string of the molecule is Fc1cccc(CN(CC2CCN(C3CCCC3)CC2)CC2CCCO2)c1. The number of halogens is 1. The molecular formula is C23H35FN2O. The topological polar surface area (TPSA) is 15.7 Å². The predicted octanol–water partition coefficient (Wildman–Crippen LogP) is 4.46. The predicted molar refractivity (Wildman–Crippen MR) is 107 cm³/mol. The van der Waals surface area contributed by atoms with Crippen molar-refractivity contribution in [1.29, 1.82) is 0 Å². The standard InChI is InChI=1S/C23H35FN2O/c24-21-6-3-5-20(15-21)17-25(18-23-9-4-14-27-23)16-19-10-12-26(13-11-19)22-7-1-2-8-22/h3,5-6,15,19,22-23H,1-2,4,7-14,16-18H2. The molecule has 0 radical (unpaired) electrons. The highest BCUT2D eigenvalue weighted by atomic mass is 19.1. The average Bonchev–Trinajstić information content (AvgIpc) is 3.36. The molecule has 0 aromatic heterocycles. The van der Waals surface area contributed by atoms with Crippen molar-refractivity contribution in [3.8, 4) is 0 Å². The summed E-state index contributed by atoms with van der Waals surface area (Å²) in [7, 11) is 0. The number of hydrogen-bond donors (Lipinski definition) is 0. The molecule has 2 saturated heterocycles. The second-order valence-corrected chi connectivity index (χ2v) is 8.88. The third-order valence-corrected chi connectivity index (χ3v) is 6.79. The number of piperidine rings is 1. The molecule has 0 N–H and O–H groups in total. The first kappa shape index (κ1) is 19.4. The van der Waals surface area contributed by atoms with Crippen LogP contribution in [0.2, 0.25) is 0 Å². The minimum atomic E-state index is -0.130. The van der Waals surface area contributed by atoms with Gasteiger partial charge in [-0.15, -0.1) is 0 Å². The van der Waals surface area contributed by atoms with Gasteiger partial charge in [-0.3, -0.25) is 4.90 Å². The van der Waals surface area contributed by atoms with Crippen LogP contribution >= 0.6 is 0 Å². The second kappa shape index (κ2) is 9.49. The molecule has 3 fully saturated rings. The molecule has 27 heavy (non-hydrogen) atoms. The maximum atomic E-state index is 13.6. The lowest BCUT2D eigenvalue weighted by Gasteiger charge is -2.38. The molecule has 0 amide bonds. The number of hydrogen-bond acceptors (Lipinski definition) is 3. The fourth-order valence-corrected chi connectivity index (χ4v) is 5.31. The van der Waals surface area contributed by atoms with Crippen LogP contribution in [0.4, 0.5) is 4.39 Å². The molecule has 2 heterocycles. The fourth-order valence-electron chi connectivity index (χ4n) is 5.31. The molecule has 4 heteroatoms. The molecule has 1 atom stereocenters. The Balaban J connectivity index is 1.32. The Morgan fingerprint density at radius 1 is 1.00 bits per heavy atom. The molecule has 1 unspecified atom stereocenters. The van der Waals surface area contributed by atoms with Gasteiger partial charge in [0.25, 0.3) is 0 Å². The zero-order valence-corrected chi connectivity index (χ0v) is 16.6. The molecule has 1 aromatic carbocycles. The lowest BCUT2D eigenvalue weighted by atomic mass is 9.94. The first-order valence-corrected chi connectivity index (χ1v) is 11.1. The van der Waals surface area contributed by atoms with Crippen LogP contribution < -0.4 is 0 Å². The van der Waals surface area contributed by atoms with E-state index in [0.717, 1.165) is 43.8 Å². The van der Waals surface area contributed by atoms with E-state index in [2.05, 4.69) is 9.80 Å². The van der Waals surface area contributed by atoms with E-state index in [1.807, 2.05) is 12.1 Å². The van der Waals surface area contributed by atoms with Crippen molar-refractivity contribution in [2.24, 2.45) is 5.92 Å². The lowest BCUT2D eigenvalue weighted by molar-refractivity contribution is 0.0540. The van der Waals surface area contributed by atoms with E-state index >= 15 is 0 Å². The molecule has 0 spiro atoms. The van der Waals surface area contributed by atoms with Crippen molar-refractivity contribution < 1.29 is 9.13 Å². The Kier molecular flexibility index (Phi) is 6.80. The summed E-state index contributed by atoms with van der Waals surface area (Å²) in [5.41, 5.74) is 1.08. The zero-order valence-electron chi connectivity index (χ0n) is 16.6. The third kappa shape index (κ3) is 5.52. The largest absolute Gasteiger partial charge is 0.377 e. The van der Waals surface area contributed by atoms with E-state index < -0.39 is 0 Å². The molecule has 3 aliphatic rings. The van der Waals surface area contributed by atoms with Crippen molar-refractivity contribution in [3.63, 3.8) is 0 Å². The third-order valence-electron chi connectivity index (χ3n) is 6.79. The highest BCUT2D eigenvalue weighted by Crippen LogP contribution is 2.28. The van der Waals surface area contributed by atoms with Crippen LogP contribution in [0, 0.1) is 11.7 Å². The maximum Gasteiger partial charge on any atom is 0.123 e. The van der Waals surface area contributed by atoms with Gasteiger partial charge in [-0.05, 0) is 75.2 Å². The van der Waals surface area contributed by atoms with Gasteiger partial charge in [0.05, 0.1) is 6.10 Å². The van der Waals surface area contributed by atoms with E-state index in [-0.39, 0.29) is 5.82 Å². The summed E-state index contributed by atoms with van der Waals surface area (Å²) < 4.78 is 19.5. The summed E-state index contributed by atoms with van der Waals surface area (Å²) in [4.78, 5) is 5.28. The second-order valence-electron chi connectivity index (χ2n) is 8.88. The molecule has 1 aliphatic carbocycles. The van der Waals surface area contributed by atoms with Gasteiger partial charge < -0.3 is 9.64 Å². The summed E-state index contributed by atoms with van der Waals surface area (Å²) in [6.45, 7) is 6.37. The summed E-state index contributed by atoms with van der Waals surface area (Å²) in [6, 6.07) is 7.96. The van der Waals surface area contributed by atoms with Gasteiger partial charge in [-0.2, -0.15) is 0 Å². The Labute approximate surface area is 163 Å². The van der Waals surface area contributed by atoms with Crippen LogP contribution in [-0.4, -0.2) is 54.7 Å². The number of rotatable bonds is 7. The molecule has 0 bridgehead atoms. The monoisotopic (exact) mass is 374 g/mol. The molecule has 2 aliphatic heterocycles. The van der Waals surface area contributed by atoms with Gasteiger partial charge in [0.1, 0.15) is 5.82 Å². The first-order chi connectivity index (χ1) is 13.3. The summed E-state index contributed by atoms with van der Waals surface area (Å²) >= 11 is 0. The van der Waals surface area contributed by atoms with Gasteiger partial charge in [-0.1, -0.05) is 25.0 Å². The van der Waals surface area contributed by atoms with Crippen molar-refractivity contribution in [1.82, 2.24) is 9.80 Å². The molecule has 150 valence electrons. The Morgan fingerprint density at radius 2 is 1.81 bits per heavy atom. The molecule has 1 saturated carbocycles. The van der Waals surface area contributed by atoms with Crippen LogP contribution in [-0.2, 0) is 11.3 Å². The number of likely N-dealkylation sites (tertiary alicyclic amines) is 1. The van der Waals surface area contributed by atoms with Crippen LogP contribution in [0.15, 0.2) is 24.3 Å². The lowest BCUT2D eigenvalue weighted by Crippen LogP contribution is -2.43.